The molecule has 2 aromatic carbocycles. The highest BCUT2D eigenvalue weighted by Gasteiger charge is 2.38. The molecule has 6 rings (SSSR count). The van der Waals surface area contributed by atoms with Gasteiger partial charge in [0.1, 0.15) is 6.33 Å². The molecule has 2 N–H and O–H groups in total. The highest BCUT2D eigenvalue weighted by molar-refractivity contribution is 5.73. The lowest BCUT2D eigenvalue weighted by Crippen LogP contribution is -2.46. The number of aromatic nitrogens is 5. The van der Waals surface area contributed by atoms with Crippen molar-refractivity contribution >= 4 is 23.6 Å². The number of alkyl halides is 3. The fourth-order valence-electron chi connectivity index (χ4n) is 4.25. The van der Waals surface area contributed by atoms with Crippen LogP contribution in [0.1, 0.15) is 6.92 Å². The van der Waals surface area contributed by atoms with Crippen LogP contribution in [-0.4, -0.2) is 86.4 Å². The van der Waals surface area contributed by atoms with Crippen LogP contribution >= 0.6 is 0 Å². The van der Waals surface area contributed by atoms with E-state index in [1.165, 1.54) is 0 Å². The number of benzene rings is 2. The van der Waals surface area contributed by atoms with Gasteiger partial charge in [-0.1, -0.05) is 6.92 Å². The number of fused-ring (bicyclic) bond motifs is 1. The predicted molar refractivity (Wildman–Crippen MR) is 146 cm³/mol. The number of nitrogens with one attached hydrogen (secondary N) is 1. The van der Waals surface area contributed by atoms with Crippen LogP contribution in [0.4, 0.5) is 30.8 Å². The van der Waals surface area contributed by atoms with Crippen LogP contribution in [0.25, 0.3) is 16.9 Å². The van der Waals surface area contributed by atoms with Gasteiger partial charge < -0.3 is 29.7 Å². The third-order valence-electron chi connectivity index (χ3n) is 6.54. The molecular formula is C27H27F3N8O4. The molecule has 12 nitrogen and oxygen atoms in total. The number of carboxylic acid groups (broad SMARTS) is 1. The van der Waals surface area contributed by atoms with Crippen LogP contribution < -0.4 is 19.7 Å². The third kappa shape index (κ3) is 6.86. The van der Waals surface area contributed by atoms with Gasteiger partial charge in [-0.25, -0.2) is 19.4 Å². The van der Waals surface area contributed by atoms with E-state index < -0.39 is 12.1 Å². The molecule has 0 amide bonds. The van der Waals surface area contributed by atoms with Crippen molar-refractivity contribution < 1.29 is 32.5 Å². The van der Waals surface area contributed by atoms with Crippen LogP contribution in [0.5, 0.6) is 11.5 Å². The molecule has 42 heavy (non-hydrogen) atoms. The minimum absolute atomic E-state index is 0.247. The molecule has 4 aromatic rings. The Labute approximate surface area is 238 Å². The summed E-state index contributed by atoms with van der Waals surface area (Å²) in [5.74, 6) is 0.0110. The van der Waals surface area contributed by atoms with Gasteiger partial charge in [-0.05, 0) is 55.1 Å². The van der Waals surface area contributed by atoms with Gasteiger partial charge in [0.2, 0.25) is 18.7 Å². The molecule has 0 spiro atoms. The molecule has 2 aromatic heterocycles. The molecule has 2 aliphatic rings. The van der Waals surface area contributed by atoms with Crippen molar-refractivity contribution in [3.63, 3.8) is 0 Å². The van der Waals surface area contributed by atoms with E-state index in [0.717, 1.165) is 72.8 Å². The summed E-state index contributed by atoms with van der Waals surface area (Å²) in [6.07, 6.45) is -1.58. The zero-order chi connectivity index (χ0) is 29.7. The molecular weight excluding hydrogens is 557 g/mol. The zero-order valence-electron chi connectivity index (χ0n) is 22.5. The monoisotopic (exact) mass is 584 g/mol. The van der Waals surface area contributed by atoms with Gasteiger partial charge in [0.25, 0.3) is 0 Å². The van der Waals surface area contributed by atoms with E-state index in [4.69, 9.17) is 19.4 Å². The van der Waals surface area contributed by atoms with Crippen LogP contribution in [0, 0.1) is 0 Å². The molecule has 2 aliphatic heterocycles. The van der Waals surface area contributed by atoms with Crippen molar-refractivity contribution in [3.05, 3.63) is 61.1 Å². The van der Waals surface area contributed by atoms with Crippen molar-refractivity contribution in [2.24, 2.45) is 0 Å². The Morgan fingerprint density at radius 1 is 1.00 bits per heavy atom. The van der Waals surface area contributed by atoms with Crippen LogP contribution in [0.3, 0.4) is 0 Å². The van der Waals surface area contributed by atoms with Gasteiger partial charge in [-0.15, -0.1) is 5.10 Å². The average molecular weight is 585 g/mol. The van der Waals surface area contributed by atoms with E-state index >= 15 is 0 Å². The minimum Gasteiger partial charge on any atom is -0.475 e. The summed E-state index contributed by atoms with van der Waals surface area (Å²) in [6, 6.07) is 15.6. The number of carboxylic acids is 1. The summed E-state index contributed by atoms with van der Waals surface area (Å²) in [5, 5.41) is 15.1. The number of aliphatic carboxylic acids is 1. The largest absolute Gasteiger partial charge is 0.490 e. The van der Waals surface area contributed by atoms with Crippen molar-refractivity contribution in [1.29, 1.82) is 0 Å². The fourth-order valence-corrected chi connectivity index (χ4v) is 4.25. The van der Waals surface area contributed by atoms with E-state index in [9.17, 15) is 13.2 Å². The highest BCUT2D eigenvalue weighted by Crippen LogP contribution is 2.35. The quantitative estimate of drug-likeness (QED) is 0.341. The Kier molecular flexibility index (Phi) is 8.38. The molecule has 0 aliphatic carbocycles. The maximum absolute atomic E-state index is 10.6. The fraction of sp³-hybridized carbons (Fsp3) is 0.296. The summed E-state index contributed by atoms with van der Waals surface area (Å²) in [4.78, 5) is 27.1. The molecule has 15 heteroatoms. The molecule has 220 valence electrons. The summed E-state index contributed by atoms with van der Waals surface area (Å²) in [7, 11) is 0. The standard InChI is InChI=1S/C25H26N8O2.C2HF3O2/c1-2-31-11-13-32(14-12-31)25-27-16-33(30-25)20-6-4-19(5-7-20)28-24-26-10-9-21(29-24)18-3-8-22-23(15-18)35-17-34-22;3-2(4,5)1(6)7/h3-10,15-16H,2,11-14,17H2,1H3,(H,26,28,29);(H,6,7). The van der Waals surface area contributed by atoms with Crippen molar-refractivity contribution in [1.82, 2.24) is 29.6 Å². The van der Waals surface area contributed by atoms with Gasteiger partial charge in [0.15, 0.2) is 11.5 Å². The van der Waals surface area contributed by atoms with Crippen LogP contribution in [0.2, 0.25) is 0 Å². The van der Waals surface area contributed by atoms with E-state index in [-0.39, 0.29) is 6.79 Å². The summed E-state index contributed by atoms with van der Waals surface area (Å²) in [5.41, 5.74) is 3.56. The third-order valence-corrected chi connectivity index (χ3v) is 6.54. The first-order chi connectivity index (χ1) is 20.2. The summed E-state index contributed by atoms with van der Waals surface area (Å²) in [6.45, 7) is 7.52. The zero-order valence-corrected chi connectivity index (χ0v) is 22.5. The molecule has 0 saturated carbocycles. The number of hydrogen-bond acceptors (Lipinski definition) is 10. The van der Waals surface area contributed by atoms with Crippen LogP contribution in [0.15, 0.2) is 61.1 Å². The molecule has 4 heterocycles. The van der Waals surface area contributed by atoms with Gasteiger partial charge in [-0.3, -0.25) is 0 Å². The second kappa shape index (κ2) is 12.3. The Bertz CT molecular complexity index is 1520. The lowest BCUT2D eigenvalue weighted by Gasteiger charge is -2.33. The normalized spacial score (nSPS) is 14.7. The first-order valence-corrected chi connectivity index (χ1v) is 13.0. The number of hydrogen-bond donors (Lipinski definition) is 2. The molecule has 1 saturated heterocycles. The first-order valence-electron chi connectivity index (χ1n) is 13.0. The van der Waals surface area contributed by atoms with E-state index in [1.54, 1.807) is 12.5 Å². The lowest BCUT2D eigenvalue weighted by molar-refractivity contribution is -0.192. The first kappa shape index (κ1) is 28.6. The topological polar surface area (TPSA) is 131 Å². The van der Waals surface area contributed by atoms with E-state index in [1.807, 2.05) is 53.2 Å². The number of carbonyl (C=O) groups is 1. The van der Waals surface area contributed by atoms with E-state index in [0.29, 0.717) is 5.95 Å². The smallest absolute Gasteiger partial charge is 0.475 e. The second-order valence-electron chi connectivity index (χ2n) is 9.22. The molecule has 0 unspecified atom stereocenters. The highest BCUT2D eigenvalue weighted by atomic mass is 19.4. The summed E-state index contributed by atoms with van der Waals surface area (Å²) < 4.78 is 44.4. The van der Waals surface area contributed by atoms with Crippen molar-refractivity contribution in [3.8, 4) is 28.4 Å². The number of anilines is 3. The number of likely N-dealkylation sites (N-methyl/N-ethyl adjacent to an activating group) is 1. The van der Waals surface area contributed by atoms with Crippen LogP contribution in [-0.2, 0) is 4.79 Å². The summed E-state index contributed by atoms with van der Waals surface area (Å²) >= 11 is 0. The maximum Gasteiger partial charge on any atom is 0.490 e. The average Bonchev–Trinajstić information content (AvgIpc) is 3.68. The Morgan fingerprint density at radius 2 is 1.71 bits per heavy atom. The maximum atomic E-state index is 10.6. The number of halogens is 3. The van der Waals surface area contributed by atoms with Crippen molar-refractivity contribution in [2.45, 2.75) is 13.1 Å². The molecule has 0 radical (unpaired) electrons. The van der Waals surface area contributed by atoms with E-state index in [2.05, 4.69) is 42.1 Å². The van der Waals surface area contributed by atoms with Crippen molar-refractivity contribution in [2.75, 3.05) is 49.7 Å². The number of ether oxygens (including phenoxy) is 2. The number of piperazine rings is 1. The SMILES string of the molecule is CCN1CCN(c2ncn(-c3ccc(Nc4nccc(-c5ccc6c(c5)OCO6)n4)cc3)n2)CC1.O=C(O)C(F)(F)F. The van der Waals surface area contributed by atoms with Gasteiger partial charge in [0, 0.05) is 43.6 Å². The molecule has 1 fully saturated rings. The minimum atomic E-state index is -5.08. The van der Waals surface area contributed by atoms with Gasteiger partial charge >= 0.3 is 12.1 Å². The number of rotatable bonds is 6. The Morgan fingerprint density at radius 3 is 2.40 bits per heavy atom. The molecule has 0 atom stereocenters. The second-order valence-corrected chi connectivity index (χ2v) is 9.22. The predicted octanol–water partition coefficient (Wildman–Crippen LogP) is 3.97. The number of nitrogens with zero attached hydrogens (tertiary/aromatic N) is 7. The van der Waals surface area contributed by atoms with Gasteiger partial charge in [0.05, 0.1) is 11.4 Å². The van der Waals surface area contributed by atoms with Gasteiger partial charge in [-0.2, -0.15) is 18.2 Å². The lowest BCUT2D eigenvalue weighted by atomic mass is 10.1. The Balaban J connectivity index is 0.000000451. The Hall–Kier alpha value is -4.92. The molecule has 0 bridgehead atoms.